The van der Waals surface area contributed by atoms with Crippen LogP contribution < -0.4 is 5.32 Å². The van der Waals surface area contributed by atoms with E-state index in [0.29, 0.717) is 10.0 Å². The van der Waals surface area contributed by atoms with Crippen LogP contribution in [0.2, 0.25) is 0 Å². The van der Waals surface area contributed by atoms with Gasteiger partial charge >= 0.3 is 5.97 Å². The van der Waals surface area contributed by atoms with E-state index >= 15 is 0 Å². The molecule has 0 unspecified atom stereocenters. The molecular formula is C11H8BrN3O3. The number of hydrogen-bond donors (Lipinski definition) is 3. The first kappa shape index (κ1) is 12.3. The van der Waals surface area contributed by atoms with Crippen molar-refractivity contribution in [2.24, 2.45) is 0 Å². The van der Waals surface area contributed by atoms with E-state index in [-0.39, 0.29) is 11.3 Å². The first-order chi connectivity index (χ1) is 8.59. The molecule has 1 aromatic heterocycles. The summed E-state index contributed by atoms with van der Waals surface area (Å²) >= 11 is 3.21. The minimum Gasteiger partial charge on any atom is -0.478 e. The highest BCUT2D eigenvalue weighted by Crippen LogP contribution is 2.26. The van der Waals surface area contributed by atoms with Gasteiger partial charge in [-0.25, -0.2) is 4.79 Å². The van der Waals surface area contributed by atoms with Crippen LogP contribution in [0.1, 0.15) is 20.7 Å². The SMILES string of the molecule is O=C(Nc1c(Br)cccc1C(=O)O)c1cn[nH]c1. The summed E-state index contributed by atoms with van der Waals surface area (Å²) in [6, 6.07) is 4.65. The topological polar surface area (TPSA) is 95.1 Å². The molecule has 1 amide bonds. The molecule has 1 aromatic carbocycles. The van der Waals surface area contributed by atoms with E-state index in [1.54, 1.807) is 12.1 Å². The van der Waals surface area contributed by atoms with Crippen molar-refractivity contribution < 1.29 is 14.7 Å². The molecule has 3 N–H and O–H groups in total. The van der Waals surface area contributed by atoms with Crippen molar-refractivity contribution in [3.05, 3.63) is 46.2 Å². The number of amides is 1. The zero-order valence-corrected chi connectivity index (χ0v) is 10.6. The Bertz CT molecular complexity index is 596. The van der Waals surface area contributed by atoms with E-state index in [4.69, 9.17) is 5.11 Å². The Hall–Kier alpha value is -2.15. The van der Waals surface area contributed by atoms with Crippen molar-refractivity contribution >= 4 is 33.5 Å². The van der Waals surface area contributed by atoms with E-state index in [9.17, 15) is 9.59 Å². The van der Waals surface area contributed by atoms with Crippen LogP contribution in [0.4, 0.5) is 5.69 Å². The molecule has 0 saturated heterocycles. The number of rotatable bonds is 3. The molecule has 18 heavy (non-hydrogen) atoms. The highest BCUT2D eigenvalue weighted by molar-refractivity contribution is 9.10. The monoisotopic (exact) mass is 309 g/mol. The average Bonchev–Trinajstić information content (AvgIpc) is 2.85. The van der Waals surface area contributed by atoms with Crippen LogP contribution >= 0.6 is 15.9 Å². The fraction of sp³-hybridized carbons (Fsp3) is 0. The maximum absolute atomic E-state index is 11.8. The molecule has 0 aliphatic carbocycles. The number of carboxylic acids is 1. The number of nitrogens with one attached hydrogen (secondary N) is 2. The van der Waals surface area contributed by atoms with Crippen LogP contribution in [0.5, 0.6) is 0 Å². The van der Waals surface area contributed by atoms with Gasteiger partial charge in [-0.1, -0.05) is 6.07 Å². The third-order valence-corrected chi connectivity index (χ3v) is 2.90. The molecule has 6 nitrogen and oxygen atoms in total. The van der Waals surface area contributed by atoms with Crippen molar-refractivity contribution in [1.29, 1.82) is 0 Å². The number of aromatic carboxylic acids is 1. The number of halogens is 1. The van der Waals surface area contributed by atoms with E-state index in [1.165, 1.54) is 18.5 Å². The number of carboxylic acid groups (broad SMARTS) is 1. The van der Waals surface area contributed by atoms with E-state index in [0.717, 1.165) is 0 Å². The van der Waals surface area contributed by atoms with Gasteiger partial charge in [-0.2, -0.15) is 5.10 Å². The minimum absolute atomic E-state index is 0.0150. The number of carbonyl (C=O) groups excluding carboxylic acids is 1. The molecule has 0 atom stereocenters. The summed E-state index contributed by atoms with van der Waals surface area (Å²) in [5, 5.41) is 17.7. The van der Waals surface area contributed by atoms with Crippen molar-refractivity contribution in [3.8, 4) is 0 Å². The molecule has 2 aromatic rings. The van der Waals surface area contributed by atoms with Gasteiger partial charge in [0.25, 0.3) is 5.91 Å². The number of H-pyrrole nitrogens is 1. The Morgan fingerprint density at radius 3 is 2.78 bits per heavy atom. The summed E-state index contributed by atoms with van der Waals surface area (Å²) in [4.78, 5) is 22.9. The highest BCUT2D eigenvalue weighted by Gasteiger charge is 2.16. The van der Waals surface area contributed by atoms with Crippen molar-refractivity contribution in [3.63, 3.8) is 0 Å². The molecule has 0 radical (unpaired) electrons. The van der Waals surface area contributed by atoms with Gasteiger partial charge in [0.05, 0.1) is 23.0 Å². The van der Waals surface area contributed by atoms with Crippen LogP contribution in [0, 0.1) is 0 Å². The standard InChI is InChI=1S/C11H8BrN3O3/c12-8-3-1-2-7(11(17)18)9(8)15-10(16)6-4-13-14-5-6/h1-5H,(H,13,14)(H,15,16)(H,17,18). The summed E-state index contributed by atoms with van der Waals surface area (Å²) in [6.45, 7) is 0. The van der Waals surface area contributed by atoms with Gasteiger partial charge < -0.3 is 10.4 Å². The maximum atomic E-state index is 11.8. The normalized spacial score (nSPS) is 10.1. The lowest BCUT2D eigenvalue weighted by Crippen LogP contribution is -2.14. The Morgan fingerprint density at radius 2 is 2.17 bits per heavy atom. The molecule has 0 fully saturated rings. The van der Waals surface area contributed by atoms with Crippen molar-refractivity contribution in [1.82, 2.24) is 10.2 Å². The quantitative estimate of drug-likeness (QED) is 0.809. The van der Waals surface area contributed by atoms with Gasteiger partial charge in [-0.05, 0) is 28.1 Å². The number of carbonyl (C=O) groups is 2. The van der Waals surface area contributed by atoms with Gasteiger partial charge in [-0.3, -0.25) is 9.89 Å². The highest BCUT2D eigenvalue weighted by atomic mass is 79.9. The molecular weight excluding hydrogens is 302 g/mol. The number of nitrogens with zero attached hydrogens (tertiary/aromatic N) is 1. The molecule has 92 valence electrons. The third kappa shape index (κ3) is 2.40. The molecule has 0 aliphatic rings. The van der Waals surface area contributed by atoms with Gasteiger partial charge in [0.15, 0.2) is 0 Å². The molecule has 0 spiro atoms. The zero-order chi connectivity index (χ0) is 13.1. The maximum Gasteiger partial charge on any atom is 0.337 e. The number of aromatic nitrogens is 2. The molecule has 0 bridgehead atoms. The molecule has 7 heteroatoms. The first-order valence-electron chi connectivity index (χ1n) is 4.91. The first-order valence-corrected chi connectivity index (χ1v) is 5.71. The smallest absolute Gasteiger partial charge is 0.337 e. The fourth-order valence-corrected chi connectivity index (χ4v) is 1.86. The Balaban J connectivity index is 2.34. The van der Waals surface area contributed by atoms with Gasteiger partial charge in [-0.15, -0.1) is 0 Å². The fourth-order valence-electron chi connectivity index (χ4n) is 1.39. The van der Waals surface area contributed by atoms with Gasteiger partial charge in [0.2, 0.25) is 0 Å². The van der Waals surface area contributed by atoms with Gasteiger partial charge in [0, 0.05) is 10.7 Å². The second-order valence-electron chi connectivity index (χ2n) is 3.41. The van der Waals surface area contributed by atoms with E-state index < -0.39 is 11.9 Å². The van der Waals surface area contributed by atoms with Crippen LogP contribution in [0.15, 0.2) is 35.1 Å². The summed E-state index contributed by atoms with van der Waals surface area (Å²) in [5.41, 5.74) is 0.555. The second kappa shape index (κ2) is 5.01. The lowest BCUT2D eigenvalue weighted by Gasteiger charge is -2.09. The largest absolute Gasteiger partial charge is 0.478 e. The Morgan fingerprint density at radius 1 is 1.39 bits per heavy atom. The Kier molecular flexibility index (Phi) is 3.42. The number of anilines is 1. The van der Waals surface area contributed by atoms with E-state index in [1.807, 2.05) is 0 Å². The summed E-state index contributed by atoms with van der Waals surface area (Å²) in [6.07, 6.45) is 2.78. The number of benzene rings is 1. The van der Waals surface area contributed by atoms with Gasteiger partial charge in [0.1, 0.15) is 0 Å². The second-order valence-corrected chi connectivity index (χ2v) is 4.26. The lowest BCUT2D eigenvalue weighted by atomic mass is 10.1. The summed E-state index contributed by atoms with van der Waals surface area (Å²) < 4.78 is 0.499. The van der Waals surface area contributed by atoms with Crippen LogP contribution in [0.25, 0.3) is 0 Å². The molecule has 0 saturated carbocycles. The average molecular weight is 310 g/mol. The van der Waals surface area contributed by atoms with Crippen molar-refractivity contribution in [2.45, 2.75) is 0 Å². The Labute approximate surface area is 110 Å². The van der Waals surface area contributed by atoms with E-state index in [2.05, 4.69) is 31.4 Å². The van der Waals surface area contributed by atoms with Crippen LogP contribution in [-0.4, -0.2) is 27.2 Å². The predicted octanol–water partition coefficient (Wildman–Crippen LogP) is 2.12. The van der Waals surface area contributed by atoms with Crippen molar-refractivity contribution in [2.75, 3.05) is 5.32 Å². The predicted molar refractivity (Wildman–Crippen MR) is 67.6 cm³/mol. The molecule has 2 rings (SSSR count). The summed E-state index contributed by atoms with van der Waals surface area (Å²) in [7, 11) is 0. The summed E-state index contributed by atoms with van der Waals surface area (Å²) in [5.74, 6) is -1.54. The van der Waals surface area contributed by atoms with Crippen LogP contribution in [-0.2, 0) is 0 Å². The molecule has 0 aliphatic heterocycles. The van der Waals surface area contributed by atoms with Crippen LogP contribution in [0.3, 0.4) is 0 Å². The third-order valence-electron chi connectivity index (χ3n) is 2.24. The number of aromatic amines is 1. The number of hydrogen-bond acceptors (Lipinski definition) is 3. The zero-order valence-electron chi connectivity index (χ0n) is 8.98. The molecule has 1 heterocycles. The number of para-hydroxylation sites is 1. The lowest BCUT2D eigenvalue weighted by molar-refractivity contribution is 0.0698. The minimum atomic E-state index is -1.11.